The van der Waals surface area contributed by atoms with Gasteiger partial charge in [-0.15, -0.1) is 0 Å². The zero-order chi connectivity index (χ0) is 23.1. The lowest BCUT2D eigenvalue weighted by Crippen LogP contribution is -2.51. The van der Waals surface area contributed by atoms with E-state index in [9.17, 15) is 19.2 Å². The number of amides is 4. The third-order valence-electron chi connectivity index (χ3n) is 7.58. The van der Waals surface area contributed by atoms with E-state index in [2.05, 4.69) is 0 Å². The number of rotatable bonds is 5. The van der Waals surface area contributed by atoms with Gasteiger partial charge in [0.1, 0.15) is 12.6 Å². The largest absolute Gasteiger partial charge is 0.445 e. The van der Waals surface area contributed by atoms with Crippen LogP contribution < -0.4 is 0 Å². The zero-order valence-electron chi connectivity index (χ0n) is 19.0. The second-order valence-corrected chi connectivity index (χ2v) is 9.61. The minimum absolute atomic E-state index is 0.0281. The fourth-order valence-corrected chi connectivity index (χ4v) is 5.76. The molecule has 1 aromatic carbocycles. The smallest absolute Gasteiger partial charge is 0.410 e. The van der Waals surface area contributed by atoms with Crippen molar-refractivity contribution in [3.05, 3.63) is 35.9 Å². The van der Waals surface area contributed by atoms with Gasteiger partial charge >= 0.3 is 6.09 Å². The van der Waals surface area contributed by atoms with Crippen LogP contribution in [0, 0.1) is 11.8 Å². The predicted molar refractivity (Wildman–Crippen MR) is 119 cm³/mol. The number of hydrogen-bond donors (Lipinski definition) is 0. The molecule has 0 N–H and O–H groups in total. The molecule has 0 spiro atoms. The van der Waals surface area contributed by atoms with Crippen molar-refractivity contribution >= 4 is 23.8 Å². The number of carbonyl (C=O) groups is 4. The molecule has 3 aliphatic heterocycles. The Bertz CT molecular complexity index is 947. The molecule has 176 valence electrons. The Morgan fingerprint density at radius 1 is 0.970 bits per heavy atom. The molecule has 4 amide bonds. The van der Waals surface area contributed by atoms with E-state index in [1.807, 2.05) is 37.3 Å². The third-order valence-corrected chi connectivity index (χ3v) is 7.58. The van der Waals surface area contributed by atoms with Crippen LogP contribution in [0.4, 0.5) is 4.79 Å². The van der Waals surface area contributed by atoms with Crippen molar-refractivity contribution in [1.29, 1.82) is 0 Å². The van der Waals surface area contributed by atoms with Gasteiger partial charge in [-0.1, -0.05) is 37.3 Å². The average Bonchev–Trinajstić information content (AvgIpc) is 3.30. The van der Waals surface area contributed by atoms with Crippen molar-refractivity contribution in [2.45, 2.75) is 70.2 Å². The van der Waals surface area contributed by atoms with Crippen LogP contribution in [0.1, 0.15) is 51.0 Å². The van der Waals surface area contributed by atoms with Crippen LogP contribution in [0.15, 0.2) is 30.3 Å². The van der Waals surface area contributed by atoms with Gasteiger partial charge in [0.15, 0.2) is 0 Å². The van der Waals surface area contributed by atoms with Crippen molar-refractivity contribution in [1.82, 2.24) is 14.7 Å². The normalized spacial score (nSPS) is 28.9. The molecule has 4 aliphatic rings. The molecule has 3 saturated heterocycles. The maximum absolute atomic E-state index is 13.6. The maximum atomic E-state index is 13.6. The first-order valence-electron chi connectivity index (χ1n) is 12.2. The molecule has 1 aliphatic carbocycles. The van der Waals surface area contributed by atoms with Gasteiger partial charge in [0.25, 0.3) is 0 Å². The summed E-state index contributed by atoms with van der Waals surface area (Å²) >= 11 is 0. The Morgan fingerprint density at radius 3 is 2.42 bits per heavy atom. The van der Waals surface area contributed by atoms with Gasteiger partial charge in [0.2, 0.25) is 17.7 Å². The summed E-state index contributed by atoms with van der Waals surface area (Å²) in [5.74, 6) is -0.702. The molecule has 0 bridgehead atoms. The minimum Gasteiger partial charge on any atom is -0.445 e. The van der Waals surface area contributed by atoms with Crippen molar-refractivity contribution in [3.63, 3.8) is 0 Å². The molecule has 5 rings (SSSR count). The molecule has 3 heterocycles. The Hall–Kier alpha value is -2.90. The molecule has 0 unspecified atom stereocenters. The monoisotopic (exact) mass is 453 g/mol. The first kappa shape index (κ1) is 21.9. The van der Waals surface area contributed by atoms with Gasteiger partial charge < -0.3 is 9.64 Å². The molecule has 1 saturated carbocycles. The van der Waals surface area contributed by atoms with E-state index < -0.39 is 12.1 Å². The molecule has 0 radical (unpaired) electrons. The van der Waals surface area contributed by atoms with Crippen LogP contribution in [0.2, 0.25) is 0 Å². The number of imide groups is 1. The second kappa shape index (κ2) is 8.80. The highest BCUT2D eigenvalue weighted by Crippen LogP contribution is 2.42. The molecule has 0 aromatic heterocycles. The highest BCUT2D eigenvalue weighted by molar-refractivity contribution is 6.01. The summed E-state index contributed by atoms with van der Waals surface area (Å²) in [5, 5.41) is 0. The van der Waals surface area contributed by atoms with Gasteiger partial charge in [0, 0.05) is 19.0 Å². The number of hydrogen-bond acceptors (Lipinski definition) is 5. The maximum Gasteiger partial charge on any atom is 0.410 e. The van der Waals surface area contributed by atoms with Crippen LogP contribution in [-0.4, -0.2) is 69.7 Å². The van der Waals surface area contributed by atoms with Crippen LogP contribution in [0.25, 0.3) is 0 Å². The third kappa shape index (κ3) is 3.89. The SMILES string of the molecule is CC[C@@H]1C(=O)N(C(=O)C2CC2)[C@H]2CCN(C(=O)[C@@H]3CCCN3C(=O)OCc3ccccc3)[C@H]12. The molecule has 4 fully saturated rings. The Morgan fingerprint density at radius 2 is 1.73 bits per heavy atom. The lowest BCUT2D eigenvalue weighted by atomic mass is 9.96. The molecule has 1 aromatic rings. The van der Waals surface area contributed by atoms with Crippen LogP contribution >= 0.6 is 0 Å². The van der Waals surface area contributed by atoms with E-state index >= 15 is 0 Å². The molecular formula is C25H31N3O5. The first-order chi connectivity index (χ1) is 16.0. The Balaban J connectivity index is 1.29. The average molecular weight is 454 g/mol. The number of fused-ring (bicyclic) bond motifs is 1. The molecule has 33 heavy (non-hydrogen) atoms. The Kier molecular flexibility index (Phi) is 5.85. The fraction of sp³-hybridized carbons (Fsp3) is 0.600. The number of likely N-dealkylation sites (tertiary alicyclic amines) is 3. The van der Waals surface area contributed by atoms with Gasteiger partial charge in [-0.2, -0.15) is 0 Å². The van der Waals surface area contributed by atoms with Gasteiger partial charge in [-0.3, -0.25) is 24.2 Å². The Labute approximate surface area is 193 Å². The van der Waals surface area contributed by atoms with Crippen LogP contribution in [0.5, 0.6) is 0 Å². The van der Waals surface area contributed by atoms with Crippen molar-refractivity contribution in [3.8, 4) is 0 Å². The lowest BCUT2D eigenvalue weighted by Gasteiger charge is -2.32. The summed E-state index contributed by atoms with van der Waals surface area (Å²) in [6.45, 7) is 3.09. The van der Waals surface area contributed by atoms with E-state index in [0.717, 1.165) is 24.8 Å². The predicted octanol–water partition coefficient (Wildman–Crippen LogP) is 2.56. The number of nitrogens with zero attached hydrogens (tertiary/aromatic N) is 3. The fourth-order valence-electron chi connectivity index (χ4n) is 5.76. The standard InChI is InChI=1S/C25H31N3O5/c1-2-18-21-19(28(23(18)30)22(29)17-10-11-17)12-14-27(21)24(31)20-9-6-13-26(20)25(32)33-15-16-7-4-3-5-8-16/h3-5,7-8,17-21H,2,6,9-15H2,1H3/t18-,19-,20-,21+/m0/s1. The van der Waals surface area contributed by atoms with E-state index in [1.54, 1.807) is 4.90 Å². The highest BCUT2D eigenvalue weighted by atomic mass is 16.6. The van der Waals surface area contributed by atoms with E-state index in [1.165, 1.54) is 9.80 Å². The molecule has 8 nitrogen and oxygen atoms in total. The summed E-state index contributed by atoms with van der Waals surface area (Å²) in [5.41, 5.74) is 0.894. The second-order valence-electron chi connectivity index (χ2n) is 9.61. The number of benzene rings is 1. The van der Waals surface area contributed by atoms with Crippen molar-refractivity contribution in [2.24, 2.45) is 11.8 Å². The zero-order valence-corrected chi connectivity index (χ0v) is 19.0. The van der Waals surface area contributed by atoms with Crippen LogP contribution in [-0.2, 0) is 25.7 Å². The van der Waals surface area contributed by atoms with Gasteiger partial charge in [-0.05, 0) is 44.1 Å². The van der Waals surface area contributed by atoms with Crippen molar-refractivity contribution in [2.75, 3.05) is 13.1 Å². The minimum atomic E-state index is -0.576. The summed E-state index contributed by atoms with van der Waals surface area (Å²) in [7, 11) is 0. The van der Waals surface area contributed by atoms with Gasteiger partial charge in [0.05, 0.1) is 18.0 Å². The van der Waals surface area contributed by atoms with E-state index in [4.69, 9.17) is 4.74 Å². The summed E-state index contributed by atoms with van der Waals surface area (Å²) in [6, 6.07) is 8.36. The quantitative estimate of drug-likeness (QED) is 0.640. The topological polar surface area (TPSA) is 87.2 Å². The molecule has 4 atom stereocenters. The number of carbonyl (C=O) groups excluding carboxylic acids is 4. The summed E-state index contributed by atoms with van der Waals surface area (Å²) in [4.78, 5) is 57.1. The number of ether oxygens (including phenoxy) is 1. The van der Waals surface area contributed by atoms with E-state index in [-0.39, 0.29) is 48.2 Å². The van der Waals surface area contributed by atoms with Crippen molar-refractivity contribution < 1.29 is 23.9 Å². The highest BCUT2D eigenvalue weighted by Gasteiger charge is 2.58. The van der Waals surface area contributed by atoms with E-state index in [0.29, 0.717) is 32.4 Å². The first-order valence-corrected chi connectivity index (χ1v) is 12.2. The summed E-state index contributed by atoms with van der Waals surface area (Å²) < 4.78 is 5.49. The molecular weight excluding hydrogens is 422 g/mol. The van der Waals surface area contributed by atoms with Crippen LogP contribution in [0.3, 0.4) is 0 Å². The lowest BCUT2D eigenvalue weighted by molar-refractivity contribution is -0.146. The summed E-state index contributed by atoms with van der Waals surface area (Å²) in [6.07, 6.45) is 3.74. The van der Waals surface area contributed by atoms with Gasteiger partial charge in [-0.25, -0.2) is 4.79 Å². The molecule has 8 heteroatoms.